The molecule has 0 radical (unpaired) electrons. The van der Waals surface area contributed by atoms with Crippen molar-refractivity contribution in [1.29, 1.82) is 0 Å². The molecule has 0 saturated carbocycles. The van der Waals surface area contributed by atoms with Gasteiger partial charge in [0.25, 0.3) is 11.8 Å². The molecule has 154 valence electrons. The molecule has 1 aliphatic heterocycles. The number of amides is 2. The lowest BCUT2D eigenvalue weighted by Crippen LogP contribution is -2.54. The molecule has 31 heavy (non-hydrogen) atoms. The number of hydrogen-bond donors (Lipinski definition) is 1. The maximum atomic E-state index is 14.0. The van der Waals surface area contributed by atoms with E-state index in [4.69, 9.17) is 12.2 Å². The lowest BCUT2D eigenvalue weighted by molar-refractivity contribution is -0.122. The third-order valence-electron chi connectivity index (χ3n) is 4.84. The first-order valence-electron chi connectivity index (χ1n) is 9.42. The van der Waals surface area contributed by atoms with E-state index in [0.717, 1.165) is 10.0 Å². The molecule has 3 aromatic carbocycles. The van der Waals surface area contributed by atoms with Crippen LogP contribution in [-0.2, 0) is 16.0 Å². The van der Waals surface area contributed by atoms with Gasteiger partial charge in [-0.2, -0.15) is 0 Å². The molecule has 7 heteroatoms. The Balaban J connectivity index is 1.63. The minimum absolute atomic E-state index is 0.0220. The quantitative estimate of drug-likeness (QED) is 0.315. The molecule has 0 bridgehead atoms. The van der Waals surface area contributed by atoms with Gasteiger partial charge in [-0.1, -0.05) is 64.5 Å². The summed E-state index contributed by atoms with van der Waals surface area (Å²) in [6.45, 7) is 0. The summed E-state index contributed by atoms with van der Waals surface area (Å²) in [6, 6.07) is 20.9. The maximum absolute atomic E-state index is 14.0. The average molecular weight is 495 g/mol. The predicted molar refractivity (Wildman–Crippen MR) is 126 cm³/mol. The number of anilines is 1. The molecule has 0 aliphatic carbocycles. The average Bonchev–Trinajstić information content (AvgIpc) is 2.75. The van der Waals surface area contributed by atoms with Gasteiger partial charge >= 0.3 is 0 Å². The largest absolute Gasteiger partial charge is 0.298 e. The second-order valence-electron chi connectivity index (χ2n) is 6.91. The number of benzene rings is 3. The van der Waals surface area contributed by atoms with Crippen LogP contribution in [0.4, 0.5) is 10.1 Å². The fourth-order valence-electron chi connectivity index (χ4n) is 3.28. The van der Waals surface area contributed by atoms with Gasteiger partial charge in [-0.15, -0.1) is 0 Å². The third-order valence-corrected chi connectivity index (χ3v) is 5.87. The fraction of sp³-hybridized carbons (Fsp3) is 0.0417. The number of para-hydroxylation sites is 1. The fourth-order valence-corrected chi connectivity index (χ4v) is 4.10. The lowest BCUT2D eigenvalue weighted by Gasteiger charge is -2.28. The Hall–Kier alpha value is -3.16. The van der Waals surface area contributed by atoms with E-state index in [1.807, 2.05) is 12.1 Å². The van der Waals surface area contributed by atoms with Gasteiger partial charge in [0, 0.05) is 10.9 Å². The molecule has 4 nitrogen and oxygen atoms in total. The highest BCUT2D eigenvalue weighted by Crippen LogP contribution is 2.26. The molecule has 0 atom stereocenters. The zero-order valence-corrected chi connectivity index (χ0v) is 18.5. The summed E-state index contributed by atoms with van der Waals surface area (Å²) < 4.78 is 14.7. The molecular weight excluding hydrogens is 479 g/mol. The summed E-state index contributed by atoms with van der Waals surface area (Å²) >= 11 is 8.71. The molecule has 0 aromatic heterocycles. The van der Waals surface area contributed by atoms with Crippen molar-refractivity contribution >= 4 is 56.8 Å². The maximum Gasteiger partial charge on any atom is 0.270 e. The molecule has 1 heterocycles. The highest BCUT2D eigenvalue weighted by atomic mass is 79.9. The zero-order chi connectivity index (χ0) is 22.0. The Labute approximate surface area is 192 Å². The van der Waals surface area contributed by atoms with Crippen LogP contribution in [0, 0.1) is 5.82 Å². The minimum atomic E-state index is -0.547. The molecule has 0 spiro atoms. The normalized spacial score (nSPS) is 15.4. The molecule has 0 unspecified atom stereocenters. The van der Waals surface area contributed by atoms with Gasteiger partial charge in [0.1, 0.15) is 11.4 Å². The van der Waals surface area contributed by atoms with Crippen molar-refractivity contribution in [2.45, 2.75) is 6.42 Å². The van der Waals surface area contributed by atoms with Crippen LogP contribution in [-0.4, -0.2) is 16.9 Å². The van der Waals surface area contributed by atoms with E-state index < -0.39 is 11.8 Å². The van der Waals surface area contributed by atoms with Crippen molar-refractivity contribution < 1.29 is 14.0 Å². The van der Waals surface area contributed by atoms with Crippen LogP contribution in [0.1, 0.15) is 16.7 Å². The second-order valence-corrected chi connectivity index (χ2v) is 8.15. The van der Waals surface area contributed by atoms with E-state index in [-0.39, 0.29) is 16.5 Å². The van der Waals surface area contributed by atoms with E-state index in [1.54, 1.807) is 54.6 Å². The van der Waals surface area contributed by atoms with Crippen LogP contribution >= 0.6 is 28.1 Å². The smallest absolute Gasteiger partial charge is 0.270 e. The van der Waals surface area contributed by atoms with E-state index >= 15 is 0 Å². The standard InChI is InChI=1S/C24H16BrFN2O2S/c25-20-13-15(10-11-16(20)14-17-6-4-5-9-21(17)26)12-19-22(29)27-24(31)28(23(19)30)18-7-2-1-3-8-18/h1-13H,14H2,(H,27,29,31)/b19-12-. The number of thiocarbonyl (C=S) groups is 1. The number of rotatable bonds is 4. The van der Waals surface area contributed by atoms with E-state index in [1.165, 1.54) is 17.0 Å². The SMILES string of the molecule is O=C1NC(=S)N(c2ccccc2)C(=O)/C1=C\c1ccc(Cc2ccccc2F)c(Br)c1. The number of nitrogens with one attached hydrogen (secondary N) is 1. The Kier molecular flexibility index (Phi) is 6.06. The Morgan fingerprint density at radius 1 is 0.968 bits per heavy atom. The molecular formula is C24H16BrFN2O2S. The van der Waals surface area contributed by atoms with Gasteiger partial charge in [-0.25, -0.2) is 4.39 Å². The first-order chi connectivity index (χ1) is 14.9. The summed E-state index contributed by atoms with van der Waals surface area (Å²) in [6.07, 6.45) is 1.94. The summed E-state index contributed by atoms with van der Waals surface area (Å²) in [5.74, 6) is -1.30. The van der Waals surface area contributed by atoms with Crippen molar-refractivity contribution in [3.8, 4) is 0 Å². The van der Waals surface area contributed by atoms with E-state index in [9.17, 15) is 14.0 Å². The van der Waals surface area contributed by atoms with Crippen molar-refractivity contribution in [3.05, 3.63) is 105 Å². The summed E-state index contributed by atoms with van der Waals surface area (Å²) in [5, 5.41) is 2.61. The van der Waals surface area contributed by atoms with Crippen LogP contribution in [0.15, 0.2) is 82.8 Å². The summed E-state index contributed by atoms with van der Waals surface area (Å²) in [5.41, 5.74) is 2.68. The molecule has 2 amide bonds. The van der Waals surface area contributed by atoms with Crippen molar-refractivity contribution in [3.63, 3.8) is 0 Å². The first kappa shape index (κ1) is 21.1. The van der Waals surface area contributed by atoms with Crippen molar-refractivity contribution in [1.82, 2.24) is 5.32 Å². The Morgan fingerprint density at radius 2 is 1.68 bits per heavy atom. The Morgan fingerprint density at radius 3 is 2.39 bits per heavy atom. The van der Waals surface area contributed by atoms with E-state index in [2.05, 4.69) is 21.2 Å². The van der Waals surface area contributed by atoms with Gasteiger partial charge in [-0.3, -0.25) is 19.8 Å². The van der Waals surface area contributed by atoms with Crippen LogP contribution in [0.3, 0.4) is 0 Å². The highest BCUT2D eigenvalue weighted by molar-refractivity contribution is 9.10. The second kappa shape index (κ2) is 8.91. The number of carbonyl (C=O) groups is 2. The lowest BCUT2D eigenvalue weighted by atomic mass is 10.0. The summed E-state index contributed by atoms with van der Waals surface area (Å²) in [7, 11) is 0. The molecule has 3 aromatic rings. The third kappa shape index (κ3) is 4.47. The monoisotopic (exact) mass is 494 g/mol. The predicted octanol–water partition coefficient (Wildman–Crippen LogP) is 5.01. The number of nitrogens with zero attached hydrogens (tertiary/aromatic N) is 1. The summed E-state index contributed by atoms with van der Waals surface area (Å²) in [4.78, 5) is 26.8. The first-order valence-corrected chi connectivity index (χ1v) is 10.6. The van der Waals surface area contributed by atoms with Gasteiger partial charge in [0.15, 0.2) is 5.11 Å². The number of carbonyl (C=O) groups excluding carboxylic acids is 2. The van der Waals surface area contributed by atoms with Crippen molar-refractivity contribution in [2.75, 3.05) is 4.90 Å². The van der Waals surface area contributed by atoms with Crippen LogP contribution in [0.5, 0.6) is 0 Å². The van der Waals surface area contributed by atoms with E-state index in [0.29, 0.717) is 23.2 Å². The minimum Gasteiger partial charge on any atom is -0.298 e. The zero-order valence-electron chi connectivity index (χ0n) is 16.1. The van der Waals surface area contributed by atoms with Crippen LogP contribution in [0.2, 0.25) is 0 Å². The molecule has 1 aliphatic rings. The Bertz CT molecular complexity index is 1230. The van der Waals surface area contributed by atoms with Crippen LogP contribution < -0.4 is 10.2 Å². The topological polar surface area (TPSA) is 49.4 Å². The van der Waals surface area contributed by atoms with Gasteiger partial charge in [0.2, 0.25) is 0 Å². The number of hydrogen-bond acceptors (Lipinski definition) is 3. The van der Waals surface area contributed by atoms with Gasteiger partial charge in [-0.05, 0) is 59.2 Å². The molecule has 1 N–H and O–H groups in total. The molecule has 1 saturated heterocycles. The van der Waals surface area contributed by atoms with Gasteiger partial charge < -0.3 is 0 Å². The molecule has 4 rings (SSSR count). The van der Waals surface area contributed by atoms with Gasteiger partial charge in [0.05, 0.1) is 5.69 Å². The number of halogens is 2. The molecule has 1 fully saturated rings. The van der Waals surface area contributed by atoms with Crippen molar-refractivity contribution in [2.24, 2.45) is 0 Å². The van der Waals surface area contributed by atoms with Crippen LogP contribution in [0.25, 0.3) is 6.08 Å². The highest BCUT2D eigenvalue weighted by Gasteiger charge is 2.34.